The van der Waals surface area contributed by atoms with Gasteiger partial charge in [0, 0.05) is 0 Å². The molecule has 5 nitrogen and oxygen atoms in total. The molecule has 114 valence electrons. The summed E-state index contributed by atoms with van der Waals surface area (Å²) in [6, 6.07) is 8.93. The summed E-state index contributed by atoms with van der Waals surface area (Å²) in [6.07, 6.45) is 0.970. The van der Waals surface area contributed by atoms with E-state index in [2.05, 4.69) is 13.8 Å². The van der Waals surface area contributed by atoms with E-state index in [4.69, 9.17) is 9.47 Å². The van der Waals surface area contributed by atoms with E-state index in [1.807, 2.05) is 30.3 Å². The number of amides is 1. The molecule has 1 aliphatic rings. The topological polar surface area (TPSA) is 55.8 Å². The van der Waals surface area contributed by atoms with Gasteiger partial charge in [-0.1, -0.05) is 44.2 Å². The lowest BCUT2D eigenvalue weighted by molar-refractivity contribution is -0.139. The zero-order chi connectivity index (χ0) is 15.2. The molecule has 0 unspecified atom stereocenters. The van der Waals surface area contributed by atoms with E-state index < -0.39 is 12.1 Å². The molecule has 1 atom stereocenters. The van der Waals surface area contributed by atoms with Crippen LogP contribution in [-0.2, 0) is 20.9 Å². The molecule has 0 bridgehead atoms. The van der Waals surface area contributed by atoms with Gasteiger partial charge in [-0.15, -0.1) is 0 Å². The number of benzene rings is 1. The fourth-order valence-corrected chi connectivity index (χ4v) is 2.19. The molecule has 1 fully saturated rings. The zero-order valence-corrected chi connectivity index (χ0v) is 12.5. The van der Waals surface area contributed by atoms with E-state index in [0.717, 1.165) is 12.0 Å². The van der Waals surface area contributed by atoms with Crippen LogP contribution in [0.25, 0.3) is 0 Å². The maximum atomic E-state index is 12.1. The summed E-state index contributed by atoms with van der Waals surface area (Å²) in [7, 11) is 0. The van der Waals surface area contributed by atoms with Crippen molar-refractivity contribution in [3.63, 3.8) is 0 Å². The van der Waals surface area contributed by atoms with Gasteiger partial charge in [0.15, 0.2) is 6.73 Å². The van der Waals surface area contributed by atoms with Crippen molar-refractivity contribution in [2.24, 2.45) is 5.92 Å². The summed E-state index contributed by atoms with van der Waals surface area (Å²) < 4.78 is 10.2. The number of cyclic esters (lactones) is 1. The van der Waals surface area contributed by atoms with Crippen LogP contribution in [0.15, 0.2) is 30.3 Å². The lowest BCUT2D eigenvalue weighted by atomic mass is 10.0. The Morgan fingerprint density at radius 3 is 2.76 bits per heavy atom. The Labute approximate surface area is 124 Å². The fraction of sp³-hybridized carbons (Fsp3) is 0.500. The minimum Gasteiger partial charge on any atom is -0.444 e. The molecule has 0 aliphatic carbocycles. The monoisotopic (exact) mass is 291 g/mol. The first kappa shape index (κ1) is 15.4. The van der Waals surface area contributed by atoms with Gasteiger partial charge in [-0.25, -0.2) is 9.59 Å². The van der Waals surface area contributed by atoms with Crippen molar-refractivity contribution in [2.45, 2.75) is 39.3 Å². The Morgan fingerprint density at radius 1 is 1.38 bits per heavy atom. The van der Waals surface area contributed by atoms with Gasteiger partial charge in [0.2, 0.25) is 0 Å². The molecule has 1 aliphatic heterocycles. The lowest BCUT2D eigenvalue weighted by Crippen LogP contribution is -2.38. The smallest absolute Gasteiger partial charge is 0.413 e. The number of rotatable bonds is 5. The molecule has 5 heteroatoms. The fourth-order valence-electron chi connectivity index (χ4n) is 2.19. The molecule has 1 saturated heterocycles. The van der Waals surface area contributed by atoms with Crippen molar-refractivity contribution in [1.82, 2.24) is 4.90 Å². The molecular weight excluding hydrogens is 270 g/mol. The van der Waals surface area contributed by atoms with E-state index in [9.17, 15) is 9.59 Å². The molecule has 0 N–H and O–H groups in total. The average Bonchev–Trinajstić information content (AvgIpc) is 2.85. The highest BCUT2D eigenvalue weighted by Gasteiger charge is 2.38. The Morgan fingerprint density at radius 2 is 2.10 bits per heavy atom. The first-order valence-electron chi connectivity index (χ1n) is 7.22. The number of carbonyl (C=O) groups excluding carboxylic acids is 2. The van der Waals surface area contributed by atoms with Gasteiger partial charge in [-0.3, -0.25) is 4.90 Å². The highest BCUT2D eigenvalue weighted by Crippen LogP contribution is 2.20. The van der Waals surface area contributed by atoms with Crippen molar-refractivity contribution >= 4 is 12.1 Å². The first-order valence-corrected chi connectivity index (χ1v) is 7.22. The summed E-state index contributed by atoms with van der Waals surface area (Å²) in [5, 5.41) is 0. The Balaban J connectivity index is 1.89. The van der Waals surface area contributed by atoms with Gasteiger partial charge in [-0.05, 0) is 24.3 Å². The summed E-state index contributed by atoms with van der Waals surface area (Å²) >= 11 is 0. The molecule has 0 spiro atoms. The lowest BCUT2D eigenvalue weighted by Gasteiger charge is -2.20. The highest BCUT2D eigenvalue weighted by atomic mass is 16.6. The minimum atomic E-state index is -0.518. The van der Waals surface area contributed by atoms with Crippen LogP contribution in [0, 0.1) is 5.92 Å². The molecule has 1 heterocycles. The van der Waals surface area contributed by atoms with Crippen molar-refractivity contribution in [2.75, 3.05) is 6.73 Å². The van der Waals surface area contributed by atoms with Crippen LogP contribution in [0.5, 0.6) is 0 Å². The average molecular weight is 291 g/mol. The van der Waals surface area contributed by atoms with E-state index >= 15 is 0 Å². The third-order valence-corrected chi connectivity index (χ3v) is 3.45. The van der Waals surface area contributed by atoms with Crippen LogP contribution in [0.3, 0.4) is 0 Å². The Bertz CT molecular complexity index is 486. The number of ether oxygens (including phenoxy) is 2. The Hall–Kier alpha value is -2.04. The number of nitrogens with zero attached hydrogens (tertiary/aromatic N) is 1. The Kier molecular flexibility index (Phi) is 5.20. The van der Waals surface area contributed by atoms with Crippen molar-refractivity contribution in [3.05, 3.63) is 35.9 Å². The molecular formula is C16H21NO4. The third-order valence-electron chi connectivity index (χ3n) is 3.45. The van der Waals surface area contributed by atoms with Crippen LogP contribution >= 0.6 is 0 Å². The van der Waals surface area contributed by atoms with Crippen LogP contribution in [0.1, 0.15) is 32.3 Å². The molecule has 1 amide bonds. The van der Waals surface area contributed by atoms with Crippen LogP contribution in [0.4, 0.5) is 4.79 Å². The van der Waals surface area contributed by atoms with Gasteiger partial charge in [0.05, 0.1) is 0 Å². The van der Waals surface area contributed by atoms with Crippen molar-refractivity contribution in [1.29, 1.82) is 0 Å². The van der Waals surface area contributed by atoms with Gasteiger partial charge < -0.3 is 9.47 Å². The molecule has 21 heavy (non-hydrogen) atoms. The second-order valence-electron chi connectivity index (χ2n) is 5.59. The van der Waals surface area contributed by atoms with Gasteiger partial charge in [-0.2, -0.15) is 0 Å². The van der Waals surface area contributed by atoms with Crippen molar-refractivity contribution in [3.8, 4) is 0 Å². The highest BCUT2D eigenvalue weighted by molar-refractivity contribution is 5.83. The van der Waals surface area contributed by atoms with Crippen molar-refractivity contribution < 1.29 is 19.1 Å². The molecule has 0 radical (unpaired) electrons. The van der Waals surface area contributed by atoms with Crippen LogP contribution in [0.2, 0.25) is 0 Å². The predicted octanol–water partition coefficient (Wildman–Crippen LogP) is 2.94. The number of hydrogen-bond acceptors (Lipinski definition) is 4. The first-order chi connectivity index (χ1) is 10.1. The second-order valence-corrected chi connectivity index (χ2v) is 5.59. The van der Waals surface area contributed by atoms with E-state index in [1.165, 1.54) is 4.90 Å². The molecule has 0 aromatic heterocycles. The largest absolute Gasteiger partial charge is 0.444 e. The predicted molar refractivity (Wildman–Crippen MR) is 77.3 cm³/mol. The van der Waals surface area contributed by atoms with E-state index in [0.29, 0.717) is 12.3 Å². The molecule has 1 aromatic rings. The van der Waals surface area contributed by atoms with Crippen LogP contribution in [-0.4, -0.2) is 29.7 Å². The SMILES string of the molecule is CC(C)CC[C@H]1C(=O)OCN1C(=O)OCc1ccccc1. The second kappa shape index (κ2) is 7.11. The number of carbonyl (C=O) groups is 2. The summed E-state index contributed by atoms with van der Waals surface area (Å²) in [4.78, 5) is 25.2. The molecule has 2 rings (SSSR count). The quantitative estimate of drug-likeness (QED) is 0.783. The van der Waals surface area contributed by atoms with Crippen LogP contribution < -0.4 is 0 Å². The van der Waals surface area contributed by atoms with Gasteiger partial charge >= 0.3 is 12.1 Å². The molecule has 1 aromatic carbocycles. The summed E-state index contributed by atoms with van der Waals surface area (Å²) in [6.45, 7) is 4.34. The summed E-state index contributed by atoms with van der Waals surface area (Å²) in [5.74, 6) is 0.132. The molecule has 0 saturated carbocycles. The van der Waals surface area contributed by atoms with E-state index in [-0.39, 0.29) is 19.3 Å². The minimum absolute atomic E-state index is 0.0186. The number of esters is 1. The maximum absolute atomic E-state index is 12.1. The normalized spacial score (nSPS) is 18.0. The van der Waals surface area contributed by atoms with Gasteiger partial charge in [0.1, 0.15) is 12.6 Å². The zero-order valence-electron chi connectivity index (χ0n) is 12.5. The third kappa shape index (κ3) is 4.21. The standard InChI is InChI=1S/C16H21NO4/c1-12(2)8-9-14-15(18)21-11-17(14)16(19)20-10-13-6-4-3-5-7-13/h3-7,12,14H,8-11H2,1-2H3/t14-/m0/s1. The maximum Gasteiger partial charge on any atom is 0.413 e. The summed E-state index contributed by atoms with van der Waals surface area (Å²) in [5.41, 5.74) is 0.913. The van der Waals surface area contributed by atoms with E-state index in [1.54, 1.807) is 0 Å². The number of hydrogen-bond donors (Lipinski definition) is 0. The van der Waals surface area contributed by atoms with Gasteiger partial charge in [0.25, 0.3) is 0 Å².